The molecule has 0 radical (unpaired) electrons. The molecule has 1 fully saturated rings. The average Bonchev–Trinajstić information content (AvgIpc) is 2.91. The van der Waals surface area contributed by atoms with Crippen molar-refractivity contribution >= 4 is 21.6 Å². The molecule has 2 rings (SSSR count). The maximum atomic E-state index is 12.7. The Morgan fingerprint density at radius 2 is 1.86 bits per heavy atom. The second-order valence-corrected chi connectivity index (χ2v) is 7.15. The Balaban J connectivity index is 2.35. The molecule has 1 aromatic rings. The predicted molar refractivity (Wildman–Crippen MR) is 79.7 cm³/mol. The van der Waals surface area contributed by atoms with E-state index >= 15 is 0 Å². The highest BCUT2D eigenvalue weighted by molar-refractivity contribution is 7.89. The Bertz CT molecular complexity index is 596. The number of halogens is 1. The van der Waals surface area contributed by atoms with Gasteiger partial charge >= 0.3 is 0 Å². The SMILES string of the molecule is COC1CN(S(=O)(=O)c2cc(CN)ccc2Cl)CC1OC. The lowest BCUT2D eigenvalue weighted by atomic mass is 10.2. The minimum Gasteiger partial charge on any atom is -0.377 e. The van der Waals surface area contributed by atoms with Gasteiger partial charge in [-0.15, -0.1) is 0 Å². The zero-order chi connectivity index (χ0) is 15.6. The van der Waals surface area contributed by atoms with E-state index in [-0.39, 0.29) is 41.8 Å². The maximum absolute atomic E-state index is 12.7. The summed E-state index contributed by atoms with van der Waals surface area (Å²) >= 11 is 6.05. The third kappa shape index (κ3) is 3.23. The summed E-state index contributed by atoms with van der Waals surface area (Å²) in [6, 6.07) is 4.77. The Kier molecular flexibility index (Phi) is 5.24. The van der Waals surface area contributed by atoms with E-state index in [1.807, 2.05) is 0 Å². The van der Waals surface area contributed by atoms with Gasteiger partial charge < -0.3 is 15.2 Å². The fourth-order valence-corrected chi connectivity index (χ4v) is 4.36. The van der Waals surface area contributed by atoms with Gasteiger partial charge in [0.15, 0.2) is 0 Å². The molecule has 1 aliphatic heterocycles. The lowest BCUT2D eigenvalue weighted by Gasteiger charge is -2.17. The van der Waals surface area contributed by atoms with Gasteiger partial charge in [-0.25, -0.2) is 8.42 Å². The van der Waals surface area contributed by atoms with Crippen molar-refractivity contribution in [1.82, 2.24) is 4.31 Å². The van der Waals surface area contributed by atoms with Crippen LogP contribution < -0.4 is 5.73 Å². The first-order valence-electron chi connectivity index (χ1n) is 6.48. The first-order chi connectivity index (χ1) is 9.93. The van der Waals surface area contributed by atoms with E-state index in [1.54, 1.807) is 12.1 Å². The zero-order valence-electron chi connectivity index (χ0n) is 12.0. The molecule has 0 bridgehead atoms. The molecule has 2 atom stereocenters. The van der Waals surface area contributed by atoms with Crippen molar-refractivity contribution in [3.63, 3.8) is 0 Å². The summed E-state index contributed by atoms with van der Waals surface area (Å²) in [4.78, 5) is 0.0683. The minimum atomic E-state index is -3.70. The molecule has 0 saturated carbocycles. The van der Waals surface area contributed by atoms with Crippen LogP contribution in [0.1, 0.15) is 5.56 Å². The van der Waals surface area contributed by atoms with Gasteiger partial charge in [0.25, 0.3) is 0 Å². The quantitative estimate of drug-likeness (QED) is 0.862. The van der Waals surface area contributed by atoms with Crippen LogP contribution in [0.25, 0.3) is 0 Å². The summed E-state index contributed by atoms with van der Waals surface area (Å²) in [7, 11) is -0.629. The van der Waals surface area contributed by atoms with E-state index in [4.69, 9.17) is 26.8 Å². The van der Waals surface area contributed by atoms with E-state index in [1.165, 1.54) is 24.6 Å². The number of hydrogen-bond acceptors (Lipinski definition) is 5. The monoisotopic (exact) mass is 334 g/mol. The molecule has 1 aliphatic rings. The van der Waals surface area contributed by atoms with E-state index < -0.39 is 10.0 Å². The number of nitrogens with zero attached hydrogens (tertiary/aromatic N) is 1. The lowest BCUT2D eigenvalue weighted by molar-refractivity contribution is -0.00461. The first-order valence-corrected chi connectivity index (χ1v) is 8.30. The Hall–Kier alpha value is -0.700. The zero-order valence-corrected chi connectivity index (χ0v) is 13.5. The van der Waals surface area contributed by atoms with Crippen molar-refractivity contribution in [1.29, 1.82) is 0 Å². The van der Waals surface area contributed by atoms with Crippen molar-refractivity contribution in [2.45, 2.75) is 23.6 Å². The van der Waals surface area contributed by atoms with Crippen molar-refractivity contribution in [2.75, 3.05) is 27.3 Å². The van der Waals surface area contributed by atoms with Crippen LogP contribution in [0.4, 0.5) is 0 Å². The molecule has 21 heavy (non-hydrogen) atoms. The summed E-state index contributed by atoms with van der Waals surface area (Å²) in [5.74, 6) is 0. The third-order valence-corrected chi connectivity index (χ3v) is 5.95. The molecule has 1 saturated heterocycles. The Morgan fingerprint density at radius 3 is 2.33 bits per heavy atom. The highest BCUT2D eigenvalue weighted by Crippen LogP contribution is 2.29. The second kappa shape index (κ2) is 6.60. The number of sulfonamides is 1. The molecule has 8 heteroatoms. The Morgan fingerprint density at radius 1 is 1.29 bits per heavy atom. The number of ether oxygens (including phenoxy) is 2. The van der Waals surface area contributed by atoms with Crippen LogP contribution in [-0.2, 0) is 26.0 Å². The van der Waals surface area contributed by atoms with Crippen LogP contribution >= 0.6 is 11.6 Å². The van der Waals surface area contributed by atoms with Crippen LogP contribution in [0.3, 0.4) is 0 Å². The summed E-state index contributed by atoms with van der Waals surface area (Å²) in [5, 5.41) is 0.182. The van der Waals surface area contributed by atoms with Crippen molar-refractivity contribution in [2.24, 2.45) is 5.73 Å². The molecule has 1 heterocycles. The molecule has 0 aromatic heterocycles. The minimum absolute atomic E-state index is 0.0683. The van der Waals surface area contributed by atoms with Gasteiger partial charge in [0.2, 0.25) is 10.0 Å². The van der Waals surface area contributed by atoms with E-state index in [2.05, 4.69) is 0 Å². The molecule has 0 amide bonds. The van der Waals surface area contributed by atoms with Gasteiger partial charge in [-0.05, 0) is 17.7 Å². The number of benzene rings is 1. The fraction of sp³-hybridized carbons (Fsp3) is 0.538. The summed E-state index contributed by atoms with van der Waals surface area (Å²) in [6.07, 6.45) is -0.581. The molecule has 0 spiro atoms. The molecule has 2 N–H and O–H groups in total. The third-order valence-electron chi connectivity index (χ3n) is 3.64. The molecule has 1 aromatic carbocycles. The number of rotatable bonds is 5. The first kappa shape index (κ1) is 16.7. The maximum Gasteiger partial charge on any atom is 0.244 e. The lowest BCUT2D eigenvalue weighted by Crippen LogP contribution is -2.30. The van der Waals surface area contributed by atoms with Gasteiger partial charge in [0.05, 0.1) is 17.2 Å². The highest BCUT2D eigenvalue weighted by Gasteiger charge is 2.40. The average molecular weight is 335 g/mol. The number of hydrogen-bond donors (Lipinski definition) is 1. The molecule has 6 nitrogen and oxygen atoms in total. The standard InChI is InChI=1S/C13H19ClN2O4S/c1-19-11-7-16(8-12(11)20-2)21(17,18)13-5-9(6-15)3-4-10(13)14/h3-5,11-12H,6-8,15H2,1-2H3. The predicted octanol–water partition coefficient (Wildman–Crippen LogP) is 0.833. The summed E-state index contributed by atoms with van der Waals surface area (Å²) in [6.45, 7) is 0.724. The normalized spacial score (nSPS) is 23.6. The van der Waals surface area contributed by atoms with E-state index in [0.29, 0.717) is 5.56 Å². The fourth-order valence-electron chi connectivity index (χ4n) is 2.37. The molecule has 2 unspecified atom stereocenters. The molecular weight excluding hydrogens is 316 g/mol. The summed E-state index contributed by atoms with van der Waals surface area (Å²) in [5.41, 5.74) is 6.27. The highest BCUT2D eigenvalue weighted by atomic mass is 35.5. The van der Waals surface area contributed by atoms with Gasteiger partial charge in [-0.3, -0.25) is 0 Å². The van der Waals surface area contributed by atoms with Crippen LogP contribution in [0.15, 0.2) is 23.1 Å². The van der Waals surface area contributed by atoms with Crippen LogP contribution in [-0.4, -0.2) is 52.2 Å². The number of nitrogens with two attached hydrogens (primary N) is 1. The topological polar surface area (TPSA) is 81.9 Å². The molecule has 0 aliphatic carbocycles. The second-order valence-electron chi connectivity index (χ2n) is 4.84. The van der Waals surface area contributed by atoms with Crippen molar-refractivity contribution in [3.8, 4) is 0 Å². The van der Waals surface area contributed by atoms with E-state index in [9.17, 15) is 8.42 Å². The van der Waals surface area contributed by atoms with Gasteiger partial charge in [-0.1, -0.05) is 17.7 Å². The van der Waals surface area contributed by atoms with Crippen LogP contribution in [0.2, 0.25) is 5.02 Å². The Labute approximate surface area is 129 Å². The van der Waals surface area contributed by atoms with Gasteiger partial charge in [0, 0.05) is 33.9 Å². The number of methoxy groups -OCH3 is 2. The van der Waals surface area contributed by atoms with Crippen LogP contribution in [0.5, 0.6) is 0 Å². The molecular formula is C13H19ClN2O4S. The van der Waals surface area contributed by atoms with Crippen LogP contribution in [0, 0.1) is 0 Å². The molecule has 118 valence electrons. The van der Waals surface area contributed by atoms with Gasteiger partial charge in [0.1, 0.15) is 4.90 Å². The van der Waals surface area contributed by atoms with Gasteiger partial charge in [-0.2, -0.15) is 4.31 Å². The smallest absolute Gasteiger partial charge is 0.244 e. The largest absolute Gasteiger partial charge is 0.377 e. The van der Waals surface area contributed by atoms with Crippen molar-refractivity contribution < 1.29 is 17.9 Å². The van der Waals surface area contributed by atoms with Crippen molar-refractivity contribution in [3.05, 3.63) is 28.8 Å². The van der Waals surface area contributed by atoms with E-state index in [0.717, 1.165) is 0 Å². The summed E-state index contributed by atoms with van der Waals surface area (Å²) < 4.78 is 37.3.